The number of thiazole rings is 1. The predicted molar refractivity (Wildman–Crippen MR) is 114 cm³/mol. The van der Waals surface area contributed by atoms with Crippen LogP contribution in [0, 0.1) is 13.8 Å². The standard InChI is InChI=1S/C22H22N2O3S/c1-14-9-10-16(15(2)11-14)12-19-22(26)24(3)21(28-19)13-20(25)23-17-7-5-6-8-18(17)27-4/h5-13H,1-4H3,(H,23,25)/b19-12-,21-13+. The van der Waals surface area contributed by atoms with Crippen molar-refractivity contribution < 1.29 is 9.53 Å². The lowest BCUT2D eigenvalue weighted by molar-refractivity contribution is -0.110. The zero-order valence-corrected chi connectivity index (χ0v) is 17.1. The zero-order chi connectivity index (χ0) is 20.3. The molecule has 0 aliphatic carbocycles. The fourth-order valence-electron chi connectivity index (χ4n) is 2.87. The minimum atomic E-state index is -0.320. The first kappa shape index (κ1) is 19.6. The van der Waals surface area contributed by atoms with Crippen molar-refractivity contribution in [3.05, 3.63) is 78.7 Å². The van der Waals surface area contributed by atoms with Crippen molar-refractivity contribution in [2.24, 2.45) is 7.05 Å². The molecule has 3 aromatic rings. The second-order valence-electron chi connectivity index (χ2n) is 6.51. The number of anilines is 1. The molecule has 1 amide bonds. The van der Waals surface area contributed by atoms with E-state index in [1.165, 1.54) is 27.5 Å². The number of carbonyl (C=O) groups is 1. The average molecular weight is 394 g/mol. The fraction of sp³-hybridized carbons (Fsp3) is 0.182. The van der Waals surface area contributed by atoms with Crippen molar-refractivity contribution in [3.8, 4) is 5.75 Å². The van der Waals surface area contributed by atoms with Gasteiger partial charge in [-0.05, 0) is 43.2 Å². The number of aromatic nitrogens is 1. The normalized spacial score (nSPS) is 12.3. The second kappa shape index (κ2) is 8.27. The summed E-state index contributed by atoms with van der Waals surface area (Å²) < 4.78 is 7.90. The largest absolute Gasteiger partial charge is 0.495 e. The van der Waals surface area contributed by atoms with Gasteiger partial charge in [-0.3, -0.25) is 9.59 Å². The molecular formula is C22H22N2O3S. The van der Waals surface area contributed by atoms with Gasteiger partial charge in [0.2, 0.25) is 0 Å². The van der Waals surface area contributed by atoms with Crippen molar-refractivity contribution in [2.75, 3.05) is 12.4 Å². The van der Waals surface area contributed by atoms with Gasteiger partial charge in [0.1, 0.15) is 10.4 Å². The van der Waals surface area contributed by atoms with E-state index in [0.29, 0.717) is 20.6 Å². The third-order valence-electron chi connectivity index (χ3n) is 4.39. The molecule has 144 valence electrons. The lowest BCUT2D eigenvalue weighted by Gasteiger charge is -2.07. The molecule has 0 fully saturated rings. The Balaban J connectivity index is 1.97. The Labute approximate surface area is 167 Å². The van der Waals surface area contributed by atoms with E-state index in [-0.39, 0.29) is 11.5 Å². The van der Waals surface area contributed by atoms with Gasteiger partial charge in [-0.25, -0.2) is 0 Å². The van der Waals surface area contributed by atoms with Gasteiger partial charge in [0.05, 0.1) is 17.3 Å². The average Bonchev–Trinajstić information content (AvgIpc) is 2.92. The molecule has 0 saturated heterocycles. The molecule has 28 heavy (non-hydrogen) atoms. The van der Waals surface area contributed by atoms with Gasteiger partial charge in [-0.15, -0.1) is 11.3 Å². The van der Waals surface area contributed by atoms with Crippen LogP contribution >= 0.6 is 11.3 Å². The Kier molecular flexibility index (Phi) is 5.80. The molecular weight excluding hydrogens is 372 g/mol. The number of nitrogens with zero attached hydrogens (tertiary/aromatic N) is 1. The van der Waals surface area contributed by atoms with Gasteiger partial charge in [-0.1, -0.05) is 35.9 Å². The first-order chi connectivity index (χ1) is 13.4. The molecule has 1 aromatic heterocycles. The fourth-order valence-corrected chi connectivity index (χ4v) is 3.89. The first-order valence-electron chi connectivity index (χ1n) is 8.79. The molecule has 0 unspecified atom stereocenters. The molecule has 5 nitrogen and oxygen atoms in total. The van der Waals surface area contributed by atoms with Gasteiger partial charge in [0.15, 0.2) is 0 Å². The third kappa shape index (κ3) is 4.23. The summed E-state index contributed by atoms with van der Waals surface area (Å²) in [6.45, 7) is 4.05. The minimum Gasteiger partial charge on any atom is -0.495 e. The van der Waals surface area contributed by atoms with Gasteiger partial charge in [0.25, 0.3) is 11.5 Å². The Bertz CT molecular complexity index is 1210. The number of para-hydroxylation sites is 2. The van der Waals surface area contributed by atoms with E-state index in [1.807, 2.05) is 44.2 Å². The Morgan fingerprint density at radius 1 is 1.18 bits per heavy atom. The summed E-state index contributed by atoms with van der Waals surface area (Å²) in [5.74, 6) is 0.257. The summed E-state index contributed by atoms with van der Waals surface area (Å²) in [5.41, 5.74) is 3.73. The van der Waals surface area contributed by atoms with E-state index in [1.54, 1.807) is 26.3 Å². The highest BCUT2D eigenvalue weighted by atomic mass is 32.1. The number of carbonyl (C=O) groups excluding carboxylic acids is 1. The highest BCUT2D eigenvalue weighted by molar-refractivity contribution is 7.07. The number of aryl methyl sites for hydroxylation is 2. The Morgan fingerprint density at radius 2 is 1.93 bits per heavy atom. The van der Waals surface area contributed by atoms with E-state index in [4.69, 9.17) is 4.74 Å². The lowest BCUT2D eigenvalue weighted by atomic mass is 10.1. The molecule has 1 N–H and O–H groups in total. The van der Waals surface area contributed by atoms with Crippen LogP contribution in [0.3, 0.4) is 0 Å². The van der Waals surface area contributed by atoms with Crippen molar-refractivity contribution in [1.82, 2.24) is 4.57 Å². The van der Waals surface area contributed by atoms with Crippen molar-refractivity contribution in [3.63, 3.8) is 0 Å². The molecule has 0 saturated carbocycles. The number of ether oxygens (including phenoxy) is 1. The second-order valence-corrected chi connectivity index (χ2v) is 7.57. The van der Waals surface area contributed by atoms with Crippen LogP contribution in [0.5, 0.6) is 5.75 Å². The summed E-state index contributed by atoms with van der Waals surface area (Å²) in [6, 6.07) is 13.3. The minimum absolute atomic E-state index is 0.124. The van der Waals surface area contributed by atoms with Gasteiger partial charge in [0, 0.05) is 13.1 Å². The van der Waals surface area contributed by atoms with Crippen LogP contribution in [0.15, 0.2) is 47.3 Å². The summed E-state index contributed by atoms with van der Waals surface area (Å²) in [5, 5.41) is 2.79. The molecule has 2 aromatic carbocycles. The lowest BCUT2D eigenvalue weighted by Crippen LogP contribution is -2.29. The topological polar surface area (TPSA) is 60.3 Å². The molecule has 0 radical (unpaired) electrons. The summed E-state index contributed by atoms with van der Waals surface area (Å²) in [7, 11) is 3.22. The number of rotatable bonds is 4. The van der Waals surface area contributed by atoms with Gasteiger partial charge < -0.3 is 14.6 Å². The van der Waals surface area contributed by atoms with E-state index in [9.17, 15) is 9.59 Å². The number of hydrogen-bond donors (Lipinski definition) is 1. The highest BCUT2D eigenvalue weighted by Gasteiger charge is 2.07. The number of nitrogens with one attached hydrogen (secondary N) is 1. The first-order valence-corrected chi connectivity index (χ1v) is 9.61. The Hall–Kier alpha value is -3.12. The Morgan fingerprint density at radius 3 is 2.64 bits per heavy atom. The van der Waals surface area contributed by atoms with Crippen LogP contribution in [0.1, 0.15) is 16.7 Å². The van der Waals surface area contributed by atoms with Crippen molar-refractivity contribution in [2.45, 2.75) is 13.8 Å². The summed E-state index contributed by atoms with van der Waals surface area (Å²) in [6.07, 6.45) is 3.30. The molecule has 3 rings (SSSR count). The number of amides is 1. The maximum absolute atomic E-state index is 12.6. The van der Waals surface area contributed by atoms with E-state index in [2.05, 4.69) is 11.4 Å². The maximum Gasteiger partial charge on any atom is 0.268 e. The predicted octanol–water partition coefficient (Wildman–Crippen LogP) is 2.32. The van der Waals surface area contributed by atoms with Crippen LogP contribution in [-0.2, 0) is 11.8 Å². The molecule has 6 heteroatoms. The van der Waals surface area contributed by atoms with Crippen LogP contribution in [0.4, 0.5) is 5.69 Å². The molecule has 0 spiro atoms. The van der Waals surface area contributed by atoms with E-state index in [0.717, 1.165) is 11.1 Å². The highest BCUT2D eigenvalue weighted by Crippen LogP contribution is 2.22. The monoisotopic (exact) mass is 394 g/mol. The molecule has 0 aliphatic heterocycles. The number of hydrogen-bond acceptors (Lipinski definition) is 4. The molecule has 1 heterocycles. The van der Waals surface area contributed by atoms with Gasteiger partial charge in [-0.2, -0.15) is 0 Å². The smallest absolute Gasteiger partial charge is 0.268 e. The zero-order valence-electron chi connectivity index (χ0n) is 16.3. The molecule has 0 aliphatic rings. The quantitative estimate of drug-likeness (QED) is 0.739. The van der Waals surface area contributed by atoms with Crippen LogP contribution in [0.25, 0.3) is 12.2 Å². The van der Waals surface area contributed by atoms with Gasteiger partial charge >= 0.3 is 0 Å². The number of benzene rings is 2. The third-order valence-corrected chi connectivity index (χ3v) is 5.51. The van der Waals surface area contributed by atoms with Crippen molar-refractivity contribution in [1.29, 1.82) is 0 Å². The van der Waals surface area contributed by atoms with Crippen LogP contribution in [-0.4, -0.2) is 17.6 Å². The van der Waals surface area contributed by atoms with Crippen LogP contribution in [0.2, 0.25) is 0 Å². The summed E-state index contributed by atoms with van der Waals surface area (Å²) in [4.78, 5) is 25.0. The molecule has 0 atom stereocenters. The van der Waals surface area contributed by atoms with E-state index < -0.39 is 0 Å². The summed E-state index contributed by atoms with van der Waals surface area (Å²) >= 11 is 1.29. The molecule has 0 bridgehead atoms. The van der Waals surface area contributed by atoms with Crippen molar-refractivity contribution >= 4 is 35.1 Å². The SMILES string of the molecule is COc1ccccc1NC(=O)/C=c1/s/c(=C\c2ccc(C)cc2C)c(=O)n1C. The maximum atomic E-state index is 12.6. The van der Waals surface area contributed by atoms with Crippen LogP contribution < -0.4 is 24.8 Å². The number of methoxy groups -OCH3 is 1. The van der Waals surface area contributed by atoms with E-state index >= 15 is 0 Å².